The van der Waals surface area contributed by atoms with E-state index in [1.165, 1.54) is 12.1 Å². The molecule has 0 aliphatic carbocycles. The Morgan fingerprint density at radius 1 is 1.07 bits per heavy atom. The van der Waals surface area contributed by atoms with Crippen LogP contribution in [0.15, 0.2) is 42.6 Å². The summed E-state index contributed by atoms with van der Waals surface area (Å²) in [6, 6.07) is 9.16. The van der Waals surface area contributed by atoms with Crippen LogP contribution in [-0.4, -0.2) is 53.9 Å². The molecule has 27 heavy (non-hydrogen) atoms. The lowest BCUT2D eigenvalue weighted by Crippen LogP contribution is -2.52. The van der Waals surface area contributed by atoms with E-state index in [-0.39, 0.29) is 23.3 Å². The number of imide groups is 1. The maximum atomic E-state index is 13.4. The molecule has 2 aromatic rings. The number of hydrogen-bond donors (Lipinski definition) is 0. The first-order chi connectivity index (χ1) is 13.0. The number of amides is 2. The van der Waals surface area contributed by atoms with Crippen LogP contribution in [0.1, 0.15) is 6.42 Å². The lowest BCUT2D eigenvalue weighted by molar-refractivity contribution is -0.123. The molecule has 8 heteroatoms. The fourth-order valence-corrected chi connectivity index (χ4v) is 3.77. The number of rotatable bonds is 3. The van der Waals surface area contributed by atoms with Crippen LogP contribution in [0.4, 0.5) is 15.9 Å². The molecule has 0 unspecified atom stereocenters. The molecule has 6 nitrogen and oxygen atoms in total. The van der Waals surface area contributed by atoms with Gasteiger partial charge in [0.1, 0.15) is 11.6 Å². The molecule has 4 rings (SSSR count). The molecule has 3 heterocycles. The number of benzene rings is 1. The van der Waals surface area contributed by atoms with Gasteiger partial charge in [0.25, 0.3) is 5.91 Å². The fourth-order valence-electron chi connectivity index (χ4n) is 3.60. The van der Waals surface area contributed by atoms with Gasteiger partial charge in [0, 0.05) is 32.4 Å². The number of piperazine rings is 1. The topological polar surface area (TPSA) is 56.8 Å². The third-order valence-electron chi connectivity index (χ3n) is 5.01. The molecule has 2 amide bonds. The second-order valence-corrected chi connectivity index (χ2v) is 7.00. The molecule has 2 fully saturated rings. The van der Waals surface area contributed by atoms with E-state index in [9.17, 15) is 14.0 Å². The van der Waals surface area contributed by atoms with Crippen molar-refractivity contribution in [1.82, 2.24) is 9.88 Å². The average molecular weight is 389 g/mol. The standard InChI is InChI=1S/C19H18ClFN4O2/c20-14-11-13(4-5-15(14)21)25-18(26)12-16(19(25)27)23-7-9-24(10-8-23)17-3-1-2-6-22-17/h1-6,11,16H,7-10,12H2/t16-/m1/s1. The van der Waals surface area contributed by atoms with E-state index in [2.05, 4.69) is 9.88 Å². The average Bonchev–Trinajstić information content (AvgIpc) is 2.99. The highest BCUT2D eigenvalue weighted by Crippen LogP contribution is 2.29. The van der Waals surface area contributed by atoms with Crippen molar-refractivity contribution in [2.45, 2.75) is 12.5 Å². The normalized spacial score (nSPS) is 21.2. The van der Waals surface area contributed by atoms with Gasteiger partial charge in [-0.2, -0.15) is 0 Å². The van der Waals surface area contributed by atoms with Gasteiger partial charge >= 0.3 is 0 Å². The highest BCUT2D eigenvalue weighted by atomic mass is 35.5. The van der Waals surface area contributed by atoms with Crippen molar-refractivity contribution >= 4 is 34.9 Å². The molecule has 1 atom stereocenters. The maximum absolute atomic E-state index is 13.4. The highest BCUT2D eigenvalue weighted by Gasteiger charge is 2.43. The van der Waals surface area contributed by atoms with Gasteiger partial charge in [-0.15, -0.1) is 0 Å². The number of pyridine rings is 1. The van der Waals surface area contributed by atoms with Crippen LogP contribution < -0.4 is 9.80 Å². The Bertz CT molecular complexity index is 871. The van der Waals surface area contributed by atoms with Gasteiger partial charge < -0.3 is 4.90 Å². The molecule has 1 aromatic heterocycles. The molecular weight excluding hydrogens is 371 g/mol. The van der Waals surface area contributed by atoms with Crippen molar-refractivity contribution in [3.63, 3.8) is 0 Å². The largest absolute Gasteiger partial charge is 0.354 e. The summed E-state index contributed by atoms with van der Waals surface area (Å²) >= 11 is 5.80. The molecule has 0 radical (unpaired) electrons. The van der Waals surface area contributed by atoms with Gasteiger partial charge in [-0.25, -0.2) is 14.3 Å². The minimum absolute atomic E-state index is 0.111. The van der Waals surface area contributed by atoms with Gasteiger partial charge in [-0.3, -0.25) is 14.5 Å². The van der Waals surface area contributed by atoms with Crippen LogP contribution in [0.2, 0.25) is 5.02 Å². The molecule has 1 aromatic carbocycles. The summed E-state index contributed by atoms with van der Waals surface area (Å²) in [4.78, 5) is 35.0. The summed E-state index contributed by atoms with van der Waals surface area (Å²) in [5.41, 5.74) is 0.311. The molecule has 0 bridgehead atoms. The van der Waals surface area contributed by atoms with Crippen molar-refractivity contribution in [3.05, 3.63) is 53.4 Å². The van der Waals surface area contributed by atoms with Gasteiger partial charge in [0.05, 0.1) is 23.2 Å². The van der Waals surface area contributed by atoms with Gasteiger partial charge in [-0.05, 0) is 30.3 Å². The van der Waals surface area contributed by atoms with Crippen LogP contribution >= 0.6 is 11.6 Å². The quantitative estimate of drug-likeness (QED) is 0.755. The monoisotopic (exact) mass is 388 g/mol. The Morgan fingerprint density at radius 3 is 2.52 bits per heavy atom. The number of carbonyl (C=O) groups excluding carboxylic acids is 2. The molecular formula is C19H18ClFN4O2. The number of carbonyl (C=O) groups is 2. The predicted molar refractivity (Wildman–Crippen MR) is 100 cm³/mol. The summed E-state index contributed by atoms with van der Waals surface area (Å²) in [5, 5.41) is -0.111. The molecule has 2 saturated heterocycles. The first-order valence-corrected chi connectivity index (χ1v) is 9.14. The number of nitrogens with zero attached hydrogens (tertiary/aromatic N) is 4. The van der Waals surface area contributed by atoms with Crippen molar-refractivity contribution in [2.75, 3.05) is 36.0 Å². The zero-order chi connectivity index (χ0) is 19.0. The minimum Gasteiger partial charge on any atom is -0.354 e. The van der Waals surface area contributed by atoms with E-state index in [0.29, 0.717) is 18.8 Å². The number of aromatic nitrogens is 1. The van der Waals surface area contributed by atoms with Crippen LogP contribution in [0, 0.1) is 5.82 Å². The Morgan fingerprint density at radius 2 is 1.85 bits per heavy atom. The molecule has 0 spiro atoms. The second-order valence-electron chi connectivity index (χ2n) is 6.60. The first-order valence-electron chi connectivity index (χ1n) is 8.76. The number of anilines is 2. The van der Waals surface area contributed by atoms with E-state index in [0.717, 1.165) is 29.9 Å². The van der Waals surface area contributed by atoms with E-state index < -0.39 is 11.9 Å². The third-order valence-corrected chi connectivity index (χ3v) is 5.30. The van der Waals surface area contributed by atoms with Crippen molar-refractivity contribution in [2.24, 2.45) is 0 Å². The molecule has 0 saturated carbocycles. The summed E-state index contributed by atoms with van der Waals surface area (Å²) in [5.74, 6) is -0.246. The molecule has 2 aliphatic rings. The SMILES string of the molecule is O=C1C[C@@H](N2CCN(c3ccccn3)CC2)C(=O)N1c1ccc(F)c(Cl)c1. The van der Waals surface area contributed by atoms with Gasteiger partial charge in [0.15, 0.2) is 0 Å². The Balaban J connectivity index is 1.45. The zero-order valence-electron chi connectivity index (χ0n) is 14.5. The Labute approximate surface area is 161 Å². The third kappa shape index (κ3) is 3.40. The van der Waals surface area contributed by atoms with Gasteiger partial charge in [-0.1, -0.05) is 17.7 Å². The second kappa shape index (κ2) is 7.25. The highest BCUT2D eigenvalue weighted by molar-refractivity contribution is 6.31. The van der Waals surface area contributed by atoms with E-state index in [1.54, 1.807) is 6.20 Å². The summed E-state index contributed by atoms with van der Waals surface area (Å²) in [6.45, 7) is 2.80. The first kappa shape index (κ1) is 17.9. The minimum atomic E-state index is -0.582. The number of halogens is 2. The molecule has 0 N–H and O–H groups in total. The summed E-state index contributed by atoms with van der Waals surface area (Å²) in [6.07, 6.45) is 1.88. The lowest BCUT2D eigenvalue weighted by atomic mass is 10.1. The molecule has 140 valence electrons. The summed E-state index contributed by atoms with van der Waals surface area (Å²) < 4.78 is 13.4. The number of hydrogen-bond acceptors (Lipinski definition) is 5. The van der Waals surface area contributed by atoms with Crippen molar-refractivity contribution in [1.29, 1.82) is 0 Å². The smallest absolute Gasteiger partial charge is 0.251 e. The van der Waals surface area contributed by atoms with Crippen LogP contribution in [-0.2, 0) is 9.59 Å². The van der Waals surface area contributed by atoms with E-state index >= 15 is 0 Å². The fraction of sp³-hybridized carbons (Fsp3) is 0.316. The van der Waals surface area contributed by atoms with E-state index in [1.807, 2.05) is 23.1 Å². The van der Waals surface area contributed by atoms with E-state index in [4.69, 9.17) is 11.6 Å². The Hall–Kier alpha value is -2.51. The molecule has 2 aliphatic heterocycles. The van der Waals surface area contributed by atoms with Gasteiger partial charge in [0.2, 0.25) is 5.91 Å². The Kier molecular flexibility index (Phi) is 4.80. The van der Waals surface area contributed by atoms with Crippen LogP contribution in [0.25, 0.3) is 0 Å². The maximum Gasteiger partial charge on any atom is 0.251 e. The lowest BCUT2D eigenvalue weighted by Gasteiger charge is -2.37. The zero-order valence-corrected chi connectivity index (χ0v) is 15.3. The van der Waals surface area contributed by atoms with Crippen molar-refractivity contribution in [3.8, 4) is 0 Å². The van der Waals surface area contributed by atoms with Crippen LogP contribution in [0.5, 0.6) is 0 Å². The van der Waals surface area contributed by atoms with Crippen molar-refractivity contribution < 1.29 is 14.0 Å². The predicted octanol–water partition coefficient (Wildman–Crippen LogP) is 2.33. The van der Waals surface area contributed by atoms with Crippen LogP contribution in [0.3, 0.4) is 0 Å². The summed E-state index contributed by atoms with van der Waals surface area (Å²) in [7, 11) is 0.